The molecule has 5 nitrogen and oxygen atoms in total. The zero-order chi connectivity index (χ0) is 19.3. The number of carboxylic acid groups (broad SMARTS) is 1. The van der Waals surface area contributed by atoms with Gasteiger partial charge in [-0.1, -0.05) is 25.5 Å². The number of aldehydes is 1. The van der Waals surface area contributed by atoms with Crippen molar-refractivity contribution in [1.29, 1.82) is 0 Å². The molecule has 3 aliphatic rings. The van der Waals surface area contributed by atoms with Crippen molar-refractivity contribution in [2.45, 2.75) is 59.0 Å². The maximum absolute atomic E-state index is 13.3. The Labute approximate surface area is 183 Å². The number of hydrogen-bond acceptors (Lipinski definition) is 5. The first-order chi connectivity index (χ1) is 12.2. The van der Waals surface area contributed by atoms with Gasteiger partial charge in [0.2, 0.25) is 0 Å². The third-order valence-corrected chi connectivity index (χ3v) is 7.93. The van der Waals surface area contributed by atoms with Crippen LogP contribution in [-0.2, 0) is 19.1 Å². The fraction of sp³-hybridized carbons (Fsp3) is 0.762. The normalized spacial score (nSPS) is 43.6. The maximum atomic E-state index is 13.3. The van der Waals surface area contributed by atoms with Crippen molar-refractivity contribution in [3.63, 3.8) is 0 Å². The summed E-state index contributed by atoms with van der Waals surface area (Å²) in [6.07, 6.45) is 5.30. The number of Topliss-reactive ketones (excluding diaryl/α,β-unsaturated/α-hetero) is 1. The van der Waals surface area contributed by atoms with Gasteiger partial charge in [0, 0.05) is 30.8 Å². The van der Waals surface area contributed by atoms with Gasteiger partial charge in [-0.2, -0.15) is 0 Å². The number of aliphatic carboxylic acids is 1. The SMILES string of the molecule is CO[C@@H]1CC[C@@H](C)[C@@H]2CC(=O)[C@]3(C=O)C(CC=C(C)[C@@H]3CC(=O)[O-])[C@@]12C.[Na+]. The summed E-state index contributed by atoms with van der Waals surface area (Å²) < 4.78 is 5.85. The summed E-state index contributed by atoms with van der Waals surface area (Å²) in [6.45, 7) is 6.16. The van der Waals surface area contributed by atoms with Crippen LogP contribution in [0.15, 0.2) is 11.6 Å². The van der Waals surface area contributed by atoms with Crippen LogP contribution in [0.4, 0.5) is 0 Å². The van der Waals surface area contributed by atoms with E-state index in [1.54, 1.807) is 7.11 Å². The summed E-state index contributed by atoms with van der Waals surface area (Å²) in [5.74, 6) is -1.63. The van der Waals surface area contributed by atoms with Crippen LogP contribution in [0.25, 0.3) is 0 Å². The Morgan fingerprint density at radius 2 is 2.07 bits per heavy atom. The van der Waals surface area contributed by atoms with E-state index in [1.165, 1.54) is 0 Å². The molecular weight excluding hydrogens is 355 g/mol. The topological polar surface area (TPSA) is 83.5 Å². The predicted octanol–water partition coefficient (Wildman–Crippen LogP) is -1.06. The van der Waals surface area contributed by atoms with E-state index in [4.69, 9.17) is 4.74 Å². The molecule has 2 saturated carbocycles. The second kappa shape index (κ2) is 8.10. The zero-order valence-electron chi connectivity index (χ0n) is 17.1. The van der Waals surface area contributed by atoms with Crippen molar-refractivity contribution in [1.82, 2.24) is 0 Å². The van der Waals surface area contributed by atoms with E-state index in [2.05, 4.69) is 13.8 Å². The van der Waals surface area contributed by atoms with Gasteiger partial charge in [-0.25, -0.2) is 0 Å². The second-order valence-corrected chi connectivity index (χ2v) is 8.79. The summed E-state index contributed by atoms with van der Waals surface area (Å²) in [5, 5.41) is 11.4. The van der Waals surface area contributed by atoms with Gasteiger partial charge in [-0.05, 0) is 50.4 Å². The van der Waals surface area contributed by atoms with Crippen LogP contribution in [0.5, 0.6) is 0 Å². The standard InChI is InChI=1S/C21H30O5.Na/c1-12-6-8-18(26-4)20(3)14(12)9-17(23)21(11-22)15(10-19(24)25)13(2)5-7-16(20)21;/h5,11-12,14-16,18H,6-10H2,1-4H3,(H,24,25);/q;+1/p-1/t12-,14+,15+,16?,18-,20+,21+;/m1./s1. The number of ketones is 1. The van der Waals surface area contributed by atoms with Crippen molar-refractivity contribution in [2.75, 3.05) is 7.11 Å². The maximum Gasteiger partial charge on any atom is 1.00 e. The van der Waals surface area contributed by atoms with Crippen LogP contribution in [0, 0.1) is 34.5 Å². The number of carboxylic acids is 1. The number of allylic oxidation sites excluding steroid dienone is 2. The second-order valence-electron chi connectivity index (χ2n) is 8.79. The van der Waals surface area contributed by atoms with E-state index < -0.39 is 17.3 Å². The number of fused-ring (bicyclic) bond motifs is 3. The number of hydrogen-bond donors (Lipinski definition) is 0. The minimum atomic E-state index is -1.28. The van der Waals surface area contributed by atoms with E-state index >= 15 is 0 Å². The molecule has 0 amide bonds. The molecule has 2 fully saturated rings. The third-order valence-electron chi connectivity index (χ3n) is 7.93. The zero-order valence-corrected chi connectivity index (χ0v) is 19.1. The van der Waals surface area contributed by atoms with Gasteiger partial charge in [-0.3, -0.25) is 4.79 Å². The first-order valence-corrected chi connectivity index (χ1v) is 9.62. The molecule has 144 valence electrons. The fourth-order valence-corrected chi connectivity index (χ4v) is 6.57. The van der Waals surface area contributed by atoms with E-state index in [1.807, 2.05) is 13.0 Å². The molecule has 3 rings (SSSR count). The molecule has 0 spiro atoms. The molecule has 0 aromatic heterocycles. The number of carbonyl (C=O) groups is 3. The smallest absolute Gasteiger partial charge is 0.550 e. The van der Waals surface area contributed by atoms with Crippen LogP contribution in [0.2, 0.25) is 0 Å². The van der Waals surface area contributed by atoms with Gasteiger partial charge in [0.1, 0.15) is 12.1 Å². The summed E-state index contributed by atoms with van der Waals surface area (Å²) in [6, 6.07) is 0. The first kappa shape index (κ1) is 22.8. The molecule has 7 atom stereocenters. The molecule has 0 heterocycles. The van der Waals surface area contributed by atoms with Crippen molar-refractivity contribution < 1.29 is 53.8 Å². The molecular formula is C21H29NaO5. The fourth-order valence-electron chi connectivity index (χ4n) is 6.57. The molecule has 0 aromatic carbocycles. The molecule has 0 aromatic rings. The van der Waals surface area contributed by atoms with E-state index in [0.717, 1.165) is 24.7 Å². The molecule has 1 unspecified atom stereocenters. The van der Waals surface area contributed by atoms with E-state index in [9.17, 15) is 19.5 Å². The quantitative estimate of drug-likeness (QED) is 0.267. The molecule has 0 N–H and O–H groups in total. The molecule has 6 heteroatoms. The average molecular weight is 384 g/mol. The molecule has 0 bridgehead atoms. The minimum absolute atomic E-state index is 0. The predicted molar refractivity (Wildman–Crippen MR) is 93.9 cm³/mol. The number of carbonyl (C=O) groups excluding carboxylic acids is 3. The minimum Gasteiger partial charge on any atom is -0.550 e. The Hall–Kier alpha value is -0.490. The van der Waals surface area contributed by atoms with Crippen LogP contribution < -0.4 is 34.7 Å². The van der Waals surface area contributed by atoms with Gasteiger partial charge in [0.15, 0.2) is 0 Å². The van der Waals surface area contributed by atoms with Crippen molar-refractivity contribution in [3.05, 3.63) is 11.6 Å². The van der Waals surface area contributed by atoms with Crippen LogP contribution in [-0.4, -0.2) is 31.3 Å². The summed E-state index contributed by atoms with van der Waals surface area (Å²) in [5.41, 5.74) is -0.800. The molecule has 3 aliphatic carbocycles. The van der Waals surface area contributed by atoms with Crippen LogP contribution in [0.3, 0.4) is 0 Å². The van der Waals surface area contributed by atoms with E-state index in [0.29, 0.717) is 18.8 Å². The Balaban J connectivity index is 0.00000261. The largest absolute Gasteiger partial charge is 1.00 e. The van der Waals surface area contributed by atoms with Gasteiger partial charge >= 0.3 is 29.6 Å². The van der Waals surface area contributed by atoms with Crippen LogP contribution in [0.1, 0.15) is 52.9 Å². The number of ether oxygens (including phenoxy) is 1. The van der Waals surface area contributed by atoms with Crippen LogP contribution >= 0.6 is 0 Å². The Morgan fingerprint density at radius 3 is 2.63 bits per heavy atom. The van der Waals surface area contributed by atoms with Crippen molar-refractivity contribution in [2.24, 2.45) is 34.5 Å². The third kappa shape index (κ3) is 3.19. The Bertz CT molecular complexity index is 659. The molecule has 0 saturated heterocycles. The number of methoxy groups -OCH3 is 1. The van der Waals surface area contributed by atoms with Crippen molar-refractivity contribution in [3.8, 4) is 0 Å². The van der Waals surface area contributed by atoms with Crippen molar-refractivity contribution >= 4 is 18.0 Å². The summed E-state index contributed by atoms with van der Waals surface area (Å²) in [7, 11) is 1.70. The monoisotopic (exact) mass is 384 g/mol. The van der Waals surface area contributed by atoms with Gasteiger partial charge in [0.25, 0.3) is 0 Å². The molecule has 0 radical (unpaired) electrons. The molecule has 0 aliphatic heterocycles. The van der Waals surface area contributed by atoms with Gasteiger partial charge < -0.3 is 19.4 Å². The Kier molecular flexibility index (Phi) is 6.83. The molecule has 27 heavy (non-hydrogen) atoms. The number of rotatable bonds is 4. The summed E-state index contributed by atoms with van der Waals surface area (Å²) in [4.78, 5) is 37.2. The first-order valence-electron chi connectivity index (χ1n) is 9.62. The Morgan fingerprint density at radius 1 is 1.41 bits per heavy atom. The summed E-state index contributed by atoms with van der Waals surface area (Å²) >= 11 is 0. The van der Waals surface area contributed by atoms with E-state index in [-0.39, 0.29) is 65.1 Å². The van der Waals surface area contributed by atoms with Gasteiger partial charge in [-0.15, -0.1) is 0 Å². The average Bonchev–Trinajstić information content (AvgIpc) is 2.59. The van der Waals surface area contributed by atoms with Gasteiger partial charge in [0.05, 0.1) is 11.5 Å².